The van der Waals surface area contributed by atoms with E-state index in [1.807, 2.05) is 0 Å². The molecule has 1 aliphatic carbocycles. The summed E-state index contributed by atoms with van der Waals surface area (Å²) in [5.41, 5.74) is 6.23. The Kier molecular flexibility index (Phi) is 1.55. The van der Waals surface area contributed by atoms with Crippen molar-refractivity contribution in [3.63, 3.8) is 0 Å². The standard InChI is InChI=1S/C8H17N/c1-4-8(9)5-6(2)7(8)3/h6-7H,4-5,9H2,1-3H3. The van der Waals surface area contributed by atoms with Gasteiger partial charge in [0.15, 0.2) is 0 Å². The molecule has 54 valence electrons. The highest BCUT2D eigenvalue weighted by atomic mass is 14.8. The highest BCUT2D eigenvalue weighted by molar-refractivity contribution is 5.01. The van der Waals surface area contributed by atoms with Gasteiger partial charge >= 0.3 is 0 Å². The third-order valence-corrected chi connectivity index (χ3v) is 3.12. The van der Waals surface area contributed by atoms with Crippen molar-refractivity contribution in [2.45, 2.75) is 39.2 Å². The molecule has 0 aromatic heterocycles. The predicted octanol–water partition coefficient (Wildman–Crippen LogP) is 1.77. The van der Waals surface area contributed by atoms with Gasteiger partial charge in [0.25, 0.3) is 0 Å². The maximum absolute atomic E-state index is 6.04. The molecular formula is C8H17N. The van der Waals surface area contributed by atoms with Crippen LogP contribution in [0, 0.1) is 11.8 Å². The fourth-order valence-electron chi connectivity index (χ4n) is 1.83. The Morgan fingerprint density at radius 2 is 2.11 bits per heavy atom. The SMILES string of the molecule is CCC1(N)CC(C)C1C. The molecular weight excluding hydrogens is 110 g/mol. The number of nitrogens with two attached hydrogens (primary N) is 1. The van der Waals surface area contributed by atoms with Crippen molar-refractivity contribution in [2.24, 2.45) is 17.6 Å². The molecule has 0 aliphatic heterocycles. The second-order valence-corrected chi connectivity index (χ2v) is 3.56. The van der Waals surface area contributed by atoms with Crippen molar-refractivity contribution in [1.82, 2.24) is 0 Å². The molecule has 0 bridgehead atoms. The highest BCUT2D eigenvalue weighted by Gasteiger charge is 2.44. The van der Waals surface area contributed by atoms with Gasteiger partial charge in [-0.05, 0) is 24.7 Å². The third kappa shape index (κ3) is 0.877. The molecule has 0 aromatic carbocycles. The number of hydrogen-bond acceptors (Lipinski definition) is 1. The highest BCUT2D eigenvalue weighted by Crippen LogP contribution is 2.43. The van der Waals surface area contributed by atoms with Crippen molar-refractivity contribution in [2.75, 3.05) is 0 Å². The monoisotopic (exact) mass is 127 g/mol. The van der Waals surface area contributed by atoms with Gasteiger partial charge in [0.1, 0.15) is 0 Å². The second kappa shape index (κ2) is 1.98. The minimum absolute atomic E-state index is 0.194. The van der Waals surface area contributed by atoms with Crippen LogP contribution < -0.4 is 5.73 Å². The Morgan fingerprint density at radius 1 is 1.56 bits per heavy atom. The average molecular weight is 127 g/mol. The maximum atomic E-state index is 6.04. The molecule has 0 amide bonds. The van der Waals surface area contributed by atoms with Gasteiger partial charge in [-0.2, -0.15) is 0 Å². The number of rotatable bonds is 1. The summed E-state index contributed by atoms with van der Waals surface area (Å²) in [7, 11) is 0. The van der Waals surface area contributed by atoms with Crippen LogP contribution in [0.2, 0.25) is 0 Å². The summed E-state index contributed by atoms with van der Waals surface area (Å²) in [5.74, 6) is 1.59. The average Bonchev–Trinajstić information content (AvgIpc) is 1.87. The molecule has 1 fully saturated rings. The molecule has 1 aliphatic rings. The summed E-state index contributed by atoms with van der Waals surface area (Å²) in [5, 5.41) is 0. The predicted molar refractivity (Wildman–Crippen MR) is 40.2 cm³/mol. The van der Waals surface area contributed by atoms with E-state index in [0.717, 1.165) is 18.3 Å². The van der Waals surface area contributed by atoms with Gasteiger partial charge in [-0.3, -0.25) is 0 Å². The van der Waals surface area contributed by atoms with Gasteiger partial charge in [-0.25, -0.2) is 0 Å². The Labute approximate surface area is 57.6 Å². The summed E-state index contributed by atoms with van der Waals surface area (Å²) in [6.07, 6.45) is 2.36. The molecule has 0 radical (unpaired) electrons. The lowest BCUT2D eigenvalue weighted by Crippen LogP contribution is -2.58. The van der Waals surface area contributed by atoms with E-state index in [9.17, 15) is 0 Å². The van der Waals surface area contributed by atoms with Gasteiger partial charge in [0.2, 0.25) is 0 Å². The molecule has 9 heavy (non-hydrogen) atoms. The van der Waals surface area contributed by atoms with Crippen LogP contribution in [0.3, 0.4) is 0 Å². The van der Waals surface area contributed by atoms with Crippen LogP contribution in [0.4, 0.5) is 0 Å². The zero-order chi connectivity index (χ0) is 7.07. The number of hydrogen-bond donors (Lipinski definition) is 1. The summed E-state index contributed by atoms with van der Waals surface area (Å²) < 4.78 is 0. The van der Waals surface area contributed by atoms with E-state index in [1.165, 1.54) is 6.42 Å². The van der Waals surface area contributed by atoms with Crippen molar-refractivity contribution in [1.29, 1.82) is 0 Å². The smallest absolute Gasteiger partial charge is 0.0182 e. The first-order chi connectivity index (χ1) is 4.10. The van der Waals surface area contributed by atoms with Crippen LogP contribution >= 0.6 is 0 Å². The summed E-state index contributed by atoms with van der Waals surface area (Å²) >= 11 is 0. The molecule has 3 unspecified atom stereocenters. The van der Waals surface area contributed by atoms with Crippen molar-refractivity contribution < 1.29 is 0 Å². The van der Waals surface area contributed by atoms with Gasteiger partial charge in [-0.1, -0.05) is 20.8 Å². The first-order valence-electron chi connectivity index (χ1n) is 3.89. The first kappa shape index (κ1) is 7.07. The van der Waals surface area contributed by atoms with Crippen LogP contribution in [0.15, 0.2) is 0 Å². The zero-order valence-corrected chi connectivity index (χ0v) is 6.65. The lowest BCUT2D eigenvalue weighted by molar-refractivity contribution is 0.0613. The van der Waals surface area contributed by atoms with E-state index in [2.05, 4.69) is 20.8 Å². The first-order valence-corrected chi connectivity index (χ1v) is 3.89. The van der Waals surface area contributed by atoms with E-state index in [0.29, 0.717) is 0 Å². The van der Waals surface area contributed by atoms with Crippen molar-refractivity contribution in [3.05, 3.63) is 0 Å². The minimum atomic E-state index is 0.194. The van der Waals surface area contributed by atoms with Crippen molar-refractivity contribution >= 4 is 0 Å². The Morgan fingerprint density at radius 3 is 2.22 bits per heavy atom. The van der Waals surface area contributed by atoms with E-state index in [1.54, 1.807) is 0 Å². The Balaban J connectivity index is 2.48. The largest absolute Gasteiger partial charge is 0.325 e. The Hall–Kier alpha value is -0.0400. The van der Waals surface area contributed by atoms with Gasteiger partial charge in [0, 0.05) is 5.54 Å². The van der Waals surface area contributed by atoms with Crippen LogP contribution in [0.1, 0.15) is 33.6 Å². The maximum Gasteiger partial charge on any atom is 0.0182 e. The molecule has 1 saturated carbocycles. The molecule has 0 aromatic rings. The minimum Gasteiger partial charge on any atom is -0.325 e. The van der Waals surface area contributed by atoms with E-state index in [4.69, 9.17) is 5.73 Å². The molecule has 2 N–H and O–H groups in total. The van der Waals surface area contributed by atoms with E-state index < -0.39 is 0 Å². The second-order valence-electron chi connectivity index (χ2n) is 3.56. The fourth-order valence-corrected chi connectivity index (χ4v) is 1.83. The topological polar surface area (TPSA) is 26.0 Å². The molecule has 1 rings (SSSR count). The molecule has 0 spiro atoms. The van der Waals surface area contributed by atoms with Gasteiger partial charge < -0.3 is 5.73 Å². The van der Waals surface area contributed by atoms with E-state index >= 15 is 0 Å². The summed E-state index contributed by atoms with van der Waals surface area (Å²) in [4.78, 5) is 0. The fraction of sp³-hybridized carbons (Fsp3) is 1.00. The lowest BCUT2D eigenvalue weighted by Gasteiger charge is -2.50. The van der Waals surface area contributed by atoms with Crippen molar-refractivity contribution in [3.8, 4) is 0 Å². The summed E-state index contributed by atoms with van der Waals surface area (Å²) in [6, 6.07) is 0. The normalized spacial score (nSPS) is 50.7. The molecule has 1 heteroatoms. The van der Waals surface area contributed by atoms with E-state index in [-0.39, 0.29) is 5.54 Å². The van der Waals surface area contributed by atoms with Crippen LogP contribution in [-0.2, 0) is 0 Å². The van der Waals surface area contributed by atoms with Gasteiger partial charge in [0.05, 0.1) is 0 Å². The molecule has 0 saturated heterocycles. The quantitative estimate of drug-likeness (QED) is 0.570. The van der Waals surface area contributed by atoms with Crippen LogP contribution in [0.25, 0.3) is 0 Å². The molecule has 3 atom stereocenters. The van der Waals surface area contributed by atoms with Crippen LogP contribution in [-0.4, -0.2) is 5.54 Å². The Bertz CT molecular complexity index is 111. The summed E-state index contributed by atoms with van der Waals surface area (Å²) in [6.45, 7) is 6.73. The lowest BCUT2D eigenvalue weighted by atomic mass is 9.60. The third-order valence-electron chi connectivity index (χ3n) is 3.12. The molecule has 0 heterocycles. The van der Waals surface area contributed by atoms with Crippen LogP contribution in [0.5, 0.6) is 0 Å². The van der Waals surface area contributed by atoms with Gasteiger partial charge in [-0.15, -0.1) is 0 Å². The zero-order valence-electron chi connectivity index (χ0n) is 6.65. The molecule has 1 nitrogen and oxygen atoms in total.